The quantitative estimate of drug-likeness (QED) is 0.909. The zero-order chi connectivity index (χ0) is 17.3. The van der Waals surface area contributed by atoms with Crippen LogP contribution in [0.4, 0.5) is 0 Å². The Morgan fingerprint density at radius 3 is 2.21 bits per heavy atom. The zero-order valence-electron chi connectivity index (χ0n) is 14.4. The van der Waals surface area contributed by atoms with Crippen molar-refractivity contribution in [3.05, 3.63) is 41.0 Å². The fraction of sp³-hybridized carbons (Fsp3) is 0.368. The van der Waals surface area contributed by atoms with E-state index in [0.29, 0.717) is 23.0 Å². The van der Waals surface area contributed by atoms with Crippen molar-refractivity contribution in [2.24, 2.45) is 0 Å². The second kappa shape index (κ2) is 6.51. The molecule has 0 radical (unpaired) electrons. The van der Waals surface area contributed by atoms with Crippen LogP contribution in [0.1, 0.15) is 29.0 Å². The van der Waals surface area contributed by atoms with Gasteiger partial charge in [0.05, 0.1) is 28.4 Å². The molecule has 0 saturated carbocycles. The lowest BCUT2D eigenvalue weighted by atomic mass is 9.91. The number of aromatic hydroxyl groups is 1. The summed E-state index contributed by atoms with van der Waals surface area (Å²) in [6, 6.07) is 7.49. The number of fused-ring (bicyclic) bond motifs is 1. The zero-order valence-corrected chi connectivity index (χ0v) is 14.4. The van der Waals surface area contributed by atoms with E-state index in [1.807, 2.05) is 18.2 Å². The number of rotatable bonds is 5. The molecule has 0 amide bonds. The van der Waals surface area contributed by atoms with Gasteiger partial charge in [0.2, 0.25) is 5.75 Å². The van der Waals surface area contributed by atoms with Crippen LogP contribution in [-0.4, -0.2) is 33.5 Å². The van der Waals surface area contributed by atoms with E-state index in [1.165, 1.54) is 5.56 Å². The van der Waals surface area contributed by atoms with E-state index in [-0.39, 0.29) is 11.7 Å². The van der Waals surface area contributed by atoms with Gasteiger partial charge >= 0.3 is 0 Å². The smallest absolute Gasteiger partial charge is 0.203 e. The van der Waals surface area contributed by atoms with E-state index < -0.39 is 0 Å². The van der Waals surface area contributed by atoms with Crippen LogP contribution in [0.3, 0.4) is 0 Å². The molecule has 5 nitrogen and oxygen atoms in total. The van der Waals surface area contributed by atoms with E-state index in [1.54, 1.807) is 34.5 Å². The van der Waals surface area contributed by atoms with Gasteiger partial charge in [0.25, 0.3) is 0 Å². The fourth-order valence-electron chi connectivity index (χ4n) is 3.51. The standard InChI is InChI=1S/C19H22O5/c1-21-15-9-11(6-8-14(15)20)13-7-5-12-10-16(22-2)18(23-3)19(24-4)17(12)13/h6,8-10,13,20H,5,7H2,1-4H3. The van der Waals surface area contributed by atoms with Crippen LogP contribution in [-0.2, 0) is 6.42 Å². The van der Waals surface area contributed by atoms with Crippen LogP contribution in [0, 0.1) is 0 Å². The van der Waals surface area contributed by atoms with Gasteiger partial charge in [-0.15, -0.1) is 0 Å². The van der Waals surface area contributed by atoms with Gasteiger partial charge in [-0.1, -0.05) is 6.07 Å². The average molecular weight is 330 g/mol. The van der Waals surface area contributed by atoms with Gasteiger partial charge in [0.1, 0.15) is 0 Å². The molecule has 1 aliphatic rings. The van der Waals surface area contributed by atoms with Crippen LogP contribution in [0.2, 0.25) is 0 Å². The van der Waals surface area contributed by atoms with Gasteiger partial charge in [-0.05, 0) is 42.2 Å². The summed E-state index contributed by atoms with van der Waals surface area (Å²) in [5.74, 6) is 2.76. The Hall–Kier alpha value is -2.56. The van der Waals surface area contributed by atoms with Crippen molar-refractivity contribution in [2.45, 2.75) is 18.8 Å². The van der Waals surface area contributed by atoms with Crippen molar-refractivity contribution in [2.75, 3.05) is 28.4 Å². The molecule has 2 aromatic rings. The molecule has 128 valence electrons. The van der Waals surface area contributed by atoms with Crippen molar-refractivity contribution in [1.82, 2.24) is 0 Å². The first-order chi connectivity index (χ1) is 11.6. The molecule has 5 heteroatoms. The molecule has 1 N–H and O–H groups in total. The van der Waals surface area contributed by atoms with Gasteiger partial charge in [-0.25, -0.2) is 0 Å². The molecule has 0 bridgehead atoms. The van der Waals surface area contributed by atoms with Gasteiger partial charge in [0.15, 0.2) is 23.0 Å². The van der Waals surface area contributed by atoms with Gasteiger partial charge in [-0.2, -0.15) is 0 Å². The predicted molar refractivity (Wildman–Crippen MR) is 90.9 cm³/mol. The Morgan fingerprint density at radius 1 is 0.875 bits per heavy atom. The molecular formula is C19H22O5. The molecule has 0 aliphatic heterocycles. The maximum absolute atomic E-state index is 9.84. The minimum atomic E-state index is 0.138. The molecule has 1 aliphatic carbocycles. The summed E-state index contributed by atoms with van der Waals surface area (Å²) in [5.41, 5.74) is 3.39. The lowest BCUT2D eigenvalue weighted by molar-refractivity contribution is 0.322. The van der Waals surface area contributed by atoms with Crippen molar-refractivity contribution in [3.8, 4) is 28.7 Å². The van der Waals surface area contributed by atoms with E-state index in [9.17, 15) is 5.11 Å². The summed E-state index contributed by atoms with van der Waals surface area (Å²) in [6.45, 7) is 0. The highest BCUT2D eigenvalue weighted by Crippen LogP contribution is 2.51. The third-order valence-corrected chi connectivity index (χ3v) is 4.61. The largest absolute Gasteiger partial charge is 0.504 e. The topological polar surface area (TPSA) is 57.2 Å². The van der Waals surface area contributed by atoms with Crippen molar-refractivity contribution < 1.29 is 24.1 Å². The molecule has 0 fully saturated rings. The molecule has 0 heterocycles. The molecule has 1 atom stereocenters. The number of phenolic OH excluding ortho intramolecular Hbond substituents is 1. The molecule has 0 saturated heterocycles. The predicted octanol–water partition coefficient (Wildman–Crippen LogP) is 3.50. The third kappa shape index (κ3) is 2.50. The molecule has 1 unspecified atom stereocenters. The summed E-state index contributed by atoms with van der Waals surface area (Å²) in [7, 11) is 6.43. The molecule has 24 heavy (non-hydrogen) atoms. The number of aryl methyl sites for hydroxylation is 1. The fourth-order valence-corrected chi connectivity index (χ4v) is 3.51. The Balaban J connectivity index is 2.15. The highest BCUT2D eigenvalue weighted by atomic mass is 16.5. The Labute approximate surface area is 141 Å². The second-order valence-electron chi connectivity index (χ2n) is 5.74. The number of ether oxygens (including phenoxy) is 4. The number of benzene rings is 2. The van der Waals surface area contributed by atoms with Gasteiger partial charge < -0.3 is 24.1 Å². The van der Waals surface area contributed by atoms with Gasteiger partial charge in [0, 0.05) is 11.5 Å². The summed E-state index contributed by atoms with van der Waals surface area (Å²) in [5, 5.41) is 9.84. The summed E-state index contributed by atoms with van der Waals surface area (Å²) in [4.78, 5) is 0. The number of hydrogen-bond donors (Lipinski definition) is 1. The molecule has 3 rings (SSSR count). The highest BCUT2D eigenvalue weighted by Gasteiger charge is 2.32. The molecule has 0 aromatic heterocycles. The lowest BCUT2D eigenvalue weighted by Crippen LogP contribution is -2.03. The Kier molecular flexibility index (Phi) is 4.42. The van der Waals surface area contributed by atoms with E-state index in [0.717, 1.165) is 24.0 Å². The van der Waals surface area contributed by atoms with Crippen LogP contribution >= 0.6 is 0 Å². The first kappa shape index (κ1) is 16.3. The monoisotopic (exact) mass is 330 g/mol. The van der Waals surface area contributed by atoms with Crippen molar-refractivity contribution in [1.29, 1.82) is 0 Å². The lowest BCUT2D eigenvalue weighted by Gasteiger charge is -2.20. The van der Waals surface area contributed by atoms with Gasteiger partial charge in [-0.3, -0.25) is 0 Å². The average Bonchev–Trinajstić information content (AvgIpc) is 3.03. The van der Waals surface area contributed by atoms with E-state index >= 15 is 0 Å². The van der Waals surface area contributed by atoms with Crippen LogP contribution in [0.25, 0.3) is 0 Å². The SMILES string of the molecule is COc1cc(C2CCc3cc(OC)c(OC)c(OC)c32)ccc1O. The van der Waals surface area contributed by atoms with Crippen LogP contribution in [0.15, 0.2) is 24.3 Å². The summed E-state index contributed by atoms with van der Waals surface area (Å²) >= 11 is 0. The van der Waals surface area contributed by atoms with Crippen molar-refractivity contribution >= 4 is 0 Å². The Bertz CT molecular complexity index is 754. The van der Waals surface area contributed by atoms with Crippen LogP contribution in [0.5, 0.6) is 28.7 Å². The summed E-state index contributed by atoms with van der Waals surface area (Å²) in [6.07, 6.45) is 1.88. The first-order valence-corrected chi connectivity index (χ1v) is 7.83. The van der Waals surface area contributed by atoms with E-state index in [2.05, 4.69) is 0 Å². The molecule has 0 spiro atoms. The molecule has 2 aromatic carbocycles. The maximum atomic E-state index is 9.84. The minimum Gasteiger partial charge on any atom is -0.504 e. The first-order valence-electron chi connectivity index (χ1n) is 7.83. The summed E-state index contributed by atoms with van der Waals surface area (Å²) < 4.78 is 21.9. The van der Waals surface area contributed by atoms with E-state index in [4.69, 9.17) is 18.9 Å². The highest BCUT2D eigenvalue weighted by molar-refractivity contribution is 5.63. The normalized spacial score (nSPS) is 15.8. The Morgan fingerprint density at radius 2 is 1.58 bits per heavy atom. The third-order valence-electron chi connectivity index (χ3n) is 4.61. The second-order valence-corrected chi connectivity index (χ2v) is 5.74. The number of hydrogen-bond acceptors (Lipinski definition) is 5. The number of phenols is 1. The van der Waals surface area contributed by atoms with Crippen LogP contribution < -0.4 is 18.9 Å². The van der Waals surface area contributed by atoms with Crippen molar-refractivity contribution in [3.63, 3.8) is 0 Å². The maximum Gasteiger partial charge on any atom is 0.203 e. The number of methoxy groups -OCH3 is 4. The molecular weight excluding hydrogens is 308 g/mol. The minimum absolute atomic E-state index is 0.138.